The van der Waals surface area contributed by atoms with Crippen molar-refractivity contribution in [2.24, 2.45) is 0 Å². The molecule has 0 spiro atoms. The van der Waals surface area contributed by atoms with Crippen molar-refractivity contribution < 1.29 is 4.79 Å². The molecule has 0 saturated carbocycles. The highest BCUT2D eigenvalue weighted by Crippen LogP contribution is 2.25. The molecular weight excluding hydrogens is 353 g/mol. The standard InChI is InChI=1S/C14H14IN3O/c1-17-14(19)9-5-6-12(16)13(7-9)18-11-4-2-3-10(15)8-11/h2-8,18H,16H2,1H3,(H,17,19). The number of nitrogens with two attached hydrogens (primary N) is 1. The predicted octanol–water partition coefficient (Wildman–Crippen LogP) is 2.98. The molecular formula is C14H14IN3O. The lowest BCUT2D eigenvalue weighted by Gasteiger charge is -2.11. The molecule has 0 aliphatic rings. The minimum atomic E-state index is -0.134. The van der Waals surface area contributed by atoms with Crippen LogP contribution < -0.4 is 16.4 Å². The lowest BCUT2D eigenvalue weighted by atomic mass is 10.1. The van der Waals surface area contributed by atoms with Gasteiger partial charge in [-0.2, -0.15) is 0 Å². The number of rotatable bonds is 3. The molecule has 5 heteroatoms. The Bertz CT molecular complexity index is 613. The van der Waals surface area contributed by atoms with Crippen LogP contribution >= 0.6 is 22.6 Å². The van der Waals surface area contributed by atoms with E-state index < -0.39 is 0 Å². The van der Waals surface area contributed by atoms with Crippen LogP contribution in [0.25, 0.3) is 0 Å². The molecule has 0 heterocycles. The summed E-state index contributed by atoms with van der Waals surface area (Å²) in [4.78, 5) is 11.6. The van der Waals surface area contributed by atoms with Gasteiger partial charge in [-0.15, -0.1) is 0 Å². The highest BCUT2D eigenvalue weighted by atomic mass is 127. The molecule has 98 valence electrons. The molecule has 4 N–H and O–H groups in total. The van der Waals surface area contributed by atoms with Gasteiger partial charge in [0.05, 0.1) is 11.4 Å². The number of carbonyl (C=O) groups is 1. The van der Waals surface area contributed by atoms with Gasteiger partial charge in [0.1, 0.15) is 0 Å². The first kappa shape index (κ1) is 13.7. The van der Waals surface area contributed by atoms with E-state index in [2.05, 4.69) is 33.2 Å². The second-order valence-electron chi connectivity index (χ2n) is 4.02. The zero-order valence-electron chi connectivity index (χ0n) is 10.4. The van der Waals surface area contributed by atoms with Crippen molar-refractivity contribution in [3.8, 4) is 0 Å². The Morgan fingerprint density at radius 3 is 2.68 bits per heavy atom. The largest absolute Gasteiger partial charge is 0.397 e. The fourth-order valence-electron chi connectivity index (χ4n) is 1.67. The van der Waals surface area contributed by atoms with Crippen LogP contribution in [0.2, 0.25) is 0 Å². The third-order valence-electron chi connectivity index (χ3n) is 2.65. The minimum absolute atomic E-state index is 0.134. The number of nitrogen functional groups attached to an aromatic ring is 1. The summed E-state index contributed by atoms with van der Waals surface area (Å²) >= 11 is 2.24. The molecule has 1 amide bonds. The van der Waals surface area contributed by atoms with Gasteiger partial charge in [-0.25, -0.2) is 0 Å². The summed E-state index contributed by atoms with van der Waals surface area (Å²) in [7, 11) is 1.60. The summed E-state index contributed by atoms with van der Waals surface area (Å²) in [6.45, 7) is 0. The van der Waals surface area contributed by atoms with E-state index in [1.165, 1.54) is 0 Å². The van der Waals surface area contributed by atoms with Crippen LogP contribution in [0, 0.1) is 3.57 Å². The molecule has 0 atom stereocenters. The predicted molar refractivity (Wildman–Crippen MR) is 86.7 cm³/mol. The fraction of sp³-hybridized carbons (Fsp3) is 0.0714. The third kappa shape index (κ3) is 3.37. The molecule has 0 aromatic heterocycles. The maximum Gasteiger partial charge on any atom is 0.251 e. The zero-order valence-corrected chi connectivity index (χ0v) is 12.6. The third-order valence-corrected chi connectivity index (χ3v) is 3.32. The SMILES string of the molecule is CNC(=O)c1ccc(N)c(Nc2cccc(I)c2)c1. The molecule has 0 unspecified atom stereocenters. The number of nitrogens with one attached hydrogen (secondary N) is 2. The first-order chi connectivity index (χ1) is 9.10. The van der Waals surface area contributed by atoms with Gasteiger partial charge >= 0.3 is 0 Å². The number of amides is 1. The smallest absolute Gasteiger partial charge is 0.251 e. The van der Waals surface area contributed by atoms with Crippen molar-refractivity contribution >= 4 is 45.6 Å². The summed E-state index contributed by atoms with van der Waals surface area (Å²) in [5.74, 6) is -0.134. The van der Waals surface area contributed by atoms with Gasteiger partial charge in [0.2, 0.25) is 0 Å². The van der Waals surface area contributed by atoms with Gasteiger partial charge in [-0.3, -0.25) is 4.79 Å². The average Bonchev–Trinajstić information content (AvgIpc) is 2.40. The van der Waals surface area contributed by atoms with Crippen molar-refractivity contribution in [3.63, 3.8) is 0 Å². The molecule has 0 bridgehead atoms. The molecule has 0 radical (unpaired) electrons. The highest BCUT2D eigenvalue weighted by Gasteiger charge is 2.07. The molecule has 2 aromatic rings. The lowest BCUT2D eigenvalue weighted by molar-refractivity contribution is 0.0963. The summed E-state index contributed by atoms with van der Waals surface area (Å²) < 4.78 is 1.13. The molecule has 2 rings (SSSR count). The zero-order chi connectivity index (χ0) is 13.8. The van der Waals surface area contributed by atoms with Crippen LogP contribution in [-0.2, 0) is 0 Å². The quantitative estimate of drug-likeness (QED) is 0.577. The topological polar surface area (TPSA) is 67.2 Å². The molecule has 4 nitrogen and oxygen atoms in total. The van der Waals surface area contributed by atoms with Crippen LogP contribution in [0.15, 0.2) is 42.5 Å². The van der Waals surface area contributed by atoms with E-state index in [0.29, 0.717) is 11.3 Å². The van der Waals surface area contributed by atoms with Gasteiger partial charge in [-0.1, -0.05) is 6.07 Å². The van der Waals surface area contributed by atoms with Gasteiger partial charge in [0, 0.05) is 21.9 Å². The number of carbonyl (C=O) groups excluding carboxylic acids is 1. The van der Waals surface area contributed by atoms with E-state index in [9.17, 15) is 4.79 Å². The number of hydrogen-bond donors (Lipinski definition) is 3. The molecule has 0 aliphatic carbocycles. The number of benzene rings is 2. The molecule has 0 fully saturated rings. The van der Waals surface area contributed by atoms with Crippen molar-refractivity contribution in [1.82, 2.24) is 5.32 Å². The van der Waals surface area contributed by atoms with Gasteiger partial charge in [0.15, 0.2) is 0 Å². The Balaban J connectivity index is 2.31. The highest BCUT2D eigenvalue weighted by molar-refractivity contribution is 14.1. The molecule has 0 aliphatic heterocycles. The number of halogens is 1. The maximum absolute atomic E-state index is 11.6. The van der Waals surface area contributed by atoms with Crippen molar-refractivity contribution in [2.75, 3.05) is 18.1 Å². The van der Waals surface area contributed by atoms with Crippen molar-refractivity contribution in [1.29, 1.82) is 0 Å². The van der Waals surface area contributed by atoms with Crippen molar-refractivity contribution in [2.45, 2.75) is 0 Å². The van der Waals surface area contributed by atoms with Crippen LogP contribution in [-0.4, -0.2) is 13.0 Å². The second kappa shape index (κ2) is 5.92. The Kier molecular flexibility index (Phi) is 4.26. The van der Waals surface area contributed by atoms with Gasteiger partial charge in [0.25, 0.3) is 5.91 Å². The van der Waals surface area contributed by atoms with Crippen LogP contribution in [0.1, 0.15) is 10.4 Å². The fourth-order valence-corrected chi connectivity index (χ4v) is 2.21. The molecule has 2 aromatic carbocycles. The summed E-state index contributed by atoms with van der Waals surface area (Å²) in [6, 6.07) is 13.1. The summed E-state index contributed by atoms with van der Waals surface area (Å²) in [5, 5.41) is 5.81. The first-order valence-electron chi connectivity index (χ1n) is 5.74. The Morgan fingerprint density at radius 2 is 2.00 bits per heavy atom. The Labute approximate surface area is 125 Å². The Morgan fingerprint density at radius 1 is 1.21 bits per heavy atom. The van der Waals surface area contributed by atoms with Crippen molar-refractivity contribution in [3.05, 3.63) is 51.6 Å². The van der Waals surface area contributed by atoms with E-state index in [0.717, 1.165) is 14.9 Å². The molecule has 19 heavy (non-hydrogen) atoms. The monoisotopic (exact) mass is 367 g/mol. The van der Waals surface area contributed by atoms with E-state index in [1.807, 2.05) is 24.3 Å². The minimum Gasteiger partial charge on any atom is -0.397 e. The lowest BCUT2D eigenvalue weighted by Crippen LogP contribution is -2.17. The average molecular weight is 367 g/mol. The van der Waals surface area contributed by atoms with Crippen LogP contribution in [0.4, 0.5) is 17.1 Å². The Hall–Kier alpha value is -1.76. The van der Waals surface area contributed by atoms with Crippen LogP contribution in [0.5, 0.6) is 0 Å². The van der Waals surface area contributed by atoms with Gasteiger partial charge < -0.3 is 16.4 Å². The first-order valence-corrected chi connectivity index (χ1v) is 6.82. The number of anilines is 3. The van der Waals surface area contributed by atoms with E-state index in [4.69, 9.17) is 5.73 Å². The normalized spacial score (nSPS) is 10.0. The van der Waals surface area contributed by atoms with E-state index in [1.54, 1.807) is 25.2 Å². The van der Waals surface area contributed by atoms with E-state index in [-0.39, 0.29) is 5.91 Å². The number of hydrogen-bond acceptors (Lipinski definition) is 3. The van der Waals surface area contributed by atoms with E-state index >= 15 is 0 Å². The summed E-state index contributed by atoms with van der Waals surface area (Å²) in [6.07, 6.45) is 0. The summed E-state index contributed by atoms with van der Waals surface area (Å²) in [5.41, 5.74) is 8.76. The second-order valence-corrected chi connectivity index (χ2v) is 5.26. The van der Waals surface area contributed by atoms with Gasteiger partial charge in [-0.05, 0) is 59.0 Å². The maximum atomic E-state index is 11.6. The molecule has 0 saturated heterocycles. The van der Waals surface area contributed by atoms with Crippen LogP contribution in [0.3, 0.4) is 0 Å².